The molecule has 0 aromatic carbocycles. The first-order chi connectivity index (χ1) is 12.0. The fourth-order valence-electron chi connectivity index (χ4n) is 3.10. The lowest BCUT2D eigenvalue weighted by Gasteiger charge is -2.31. The highest BCUT2D eigenvalue weighted by Gasteiger charge is 2.29. The minimum atomic E-state index is 0.0414. The molecule has 1 aliphatic carbocycles. The molecule has 138 valence electrons. The molecule has 1 aromatic rings. The molecule has 1 aliphatic heterocycles. The molecule has 1 saturated heterocycles. The van der Waals surface area contributed by atoms with Crippen LogP contribution in [0.5, 0.6) is 0 Å². The molecule has 2 fully saturated rings. The van der Waals surface area contributed by atoms with Crippen molar-refractivity contribution in [2.75, 3.05) is 19.6 Å². The van der Waals surface area contributed by atoms with Gasteiger partial charge in [0.15, 0.2) is 0 Å². The Kier molecular flexibility index (Phi) is 5.93. The zero-order valence-electron chi connectivity index (χ0n) is 15.1. The van der Waals surface area contributed by atoms with Crippen LogP contribution in [0.2, 0.25) is 0 Å². The van der Waals surface area contributed by atoms with E-state index in [4.69, 9.17) is 4.98 Å². The van der Waals surface area contributed by atoms with Gasteiger partial charge < -0.3 is 15.5 Å². The van der Waals surface area contributed by atoms with Crippen LogP contribution in [-0.2, 0) is 11.2 Å². The number of carbonyl (C=O) groups excluding carboxylic acids is 2. The Morgan fingerprint density at radius 2 is 2.00 bits per heavy atom. The van der Waals surface area contributed by atoms with Crippen LogP contribution in [0.1, 0.15) is 56.2 Å². The molecule has 0 atom stereocenters. The third-order valence-electron chi connectivity index (χ3n) is 4.74. The van der Waals surface area contributed by atoms with E-state index < -0.39 is 0 Å². The number of amides is 3. The van der Waals surface area contributed by atoms with Crippen molar-refractivity contribution in [2.24, 2.45) is 5.92 Å². The van der Waals surface area contributed by atoms with E-state index in [9.17, 15) is 9.59 Å². The van der Waals surface area contributed by atoms with Crippen LogP contribution in [0.25, 0.3) is 0 Å². The molecule has 7 heteroatoms. The summed E-state index contributed by atoms with van der Waals surface area (Å²) in [6.45, 7) is 6.21. The monoisotopic (exact) mass is 364 g/mol. The van der Waals surface area contributed by atoms with Crippen LogP contribution in [-0.4, -0.2) is 47.5 Å². The molecule has 2 aliphatic rings. The van der Waals surface area contributed by atoms with Crippen molar-refractivity contribution in [1.29, 1.82) is 0 Å². The van der Waals surface area contributed by atoms with Crippen molar-refractivity contribution < 1.29 is 9.59 Å². The molecular weight excluding hydrogens is 336 g/mol. The van der Waals surface area contributed by atoms with Gasteiger partial charge >= 0.3 is 6.03 Å². The maximum atomic E-state index is 12.0. The molecular formula is C18H28N4O2S. The van der Waals surface area contributed by atoms with Gasteiger partial charge in [0, 0.05) is 49.3 Å². The van der Waals surface area contributed by atoms with Crippen LogP contribution in [0.4, 0.5) is 4.79 Å². The molecule has 0 spiro atoms. The number of carbonyl (C=O) groups is 2. The molecule has 6 nitrogen and oxygen atoms in total. The van der Waals surface area contributed by atoms with Crippen molar-refractivity contribution in [1.82, 2.24) is 20.5 Å². The normalized spacial score (nSPS) is 18.4. The van der Waals surface area contributed by atoms with Gasteiger partial charge in [-0.25, -0.2) is 9.78 Å². The number of nitrogens with one attached hydrogen (secondary N) is 2. The number of piperidine rings is 1. The van der Waals surface area contributed by atoms with Crippen molar-refractivity contribution in [3.8, 4) is 0 Å². The fraction of sp³-hybridized carbons (Fsp3) is 0.722. The second kappa shape index (κ2) is 8.17. The van der Waals surface area contributed by atoms with Crippen LogP contribution >= 0.6 is 11.3 Å². The molecule has 0 bridgehead atoms. The highest BCUT2D eigenvalue weighted by atomic mass is 32.1. The Hall–Kier alpha value is -1.63. The first kappa shape index (κ1) is 18.2. The summed E-state index contributed by atoms with van der Waals surface area (Å²) in [5, 5.41) is 9.23. The number of hydrogen-bond donors (Lipinski definition) is 2. The van der Waals surface area contributed by atoms with Crippen LogP contribution in [0, 0.1) is 5.92 Å². The lowest BCUT2D eigenvalue weighted by atomic mass is 9.98. The smallest absolute Gasteiger partial charge is 0.317 e. The summed E-state index contributed by atoms with van der Waals surface area (Å²) in [5.74, 6) is 0.912. The molecule has 1 saturated carbocycles. The second-order valence-electron chi connectivity index (χ2n) is 7.36. The summed E-state index contributed by atoms with van der Waals surface area (Å²) in [6, 6.07) is 0.215. The van der Waals surface area contributed by atoms with E-state index in [1.807, 2.05) is 18.7 Å². The van der Waals surface area contributed by atoms with Crippen LogP contribution < -0.4 is 10.6 Å². The molecule has 25 heavy (non-hydrogen) atoms. The minimum Gasteiger partial charge on any atom is -0.355 e. The van der Waals surface area contributed by atoms with Gasteiger partial charge in [-0.3, -0.25) is 4.79 Å². The summed E-state index contributed by atoms with van der Waals surface area (Å²) in [6.07, 6.45) is 4.82. The predicted molar refractivity (Wildman–Crippen MR) is 98.8 cm³/mol. The summed E-state index contributed by atoms with van der Waals surface area (Å²) >= 11 is 1.71. The Bertz CT molecular complexity index is 604. The highest BCUT2D eigenvalue weighted by molar-refractivity contribution is 7.09. The minimum absolute atomic E-state index is 0.0414. The van der Waals surface area contributed by atoms with E-state index in [1.165, 1.54) is 5.01 Å². The van der Waals surface area contributed by atoms with Crippen LogP contribution in [0.3, 0.4) is 0 Å². The zero-order chi connectivity index (χ0) is 17.8. The van der Waals surface area contributed by atoms with E-state index in [0.717, 1.165) is 50.9 Å². The molecule has 2 N–H and O–H groups in total. The zero-order valence-corrected chi connectivity index (χ0v) is 15.9. The molecule has 1 aromatic heterocycles. The average Bonchev–Trinajstić information content (AvgIpc) is 3.34. The summed E-state index contributed by atoms with van der Waals surface area (Å²) < 4.78 is 0. The quantitative estimate of drug-likeness (QED) is 0.814. The lowest BCUT2D eigenvalue weighted by molar-refractivity contribution is -0.122. The Morgan fingerprint density at radius 3 is 2.64 bits per heavy atom. The first-order valence-corrected chi connectivity index (χ1v) is 10.2. The number of nitrogens with zero attached hydrogens (tertiary/aromatic N) is 2. The van der Waals surface area contributed by atoms with Crippen molar-refractivity contribution in [2.45, 2.75) is 57.9 Å². The standard InChI is InChI=1S/C18H28N4O2S/c1-12(2)20-18(24)22-9-6-14(7-10-22)17-21-15(11-25-17)5-8-19-16(23)13-3-4-13/h11-14H,3-10H2,1-2H3,(H,19,23)(H,20,24). The molecule has 2 heterocycles. The van der Waals surface area contributed by atoms with Gasteiger partial charge in [0.2, 0.25) is 5.91 Å². The van der Waals surface area contributed by atoms with Gasteiger partial charge in [0.05, 0.1) is 10.7 Å². The van der Waals surface area contributed by atoms with Gasteiger partial charge in [-0.1, -0.05) is 0 Å². The predicted octanol–water partition coefficient (Wildman–Crippen LogP) is 2.51. The molecule has 3 amide bonds. The van der Waals surface area contributed by atoms with Gasteiger partial charge in [-0.2, -0.15) is 0 Å². The van der Waals surface area contributed by atoms with Crippen molar-refractivity contribution in [3.05, 3.63) is 16.1 Å². The van der Waals surface area contributed by atoms with Crippen LogP contribution in [0.15, 0.2) is 5.38 Å². The number of thiazole rings is 1. The highest BCUT2D eigenvalue weighted by Crippen LogP contribution is 2.31. The first-order valence-electron chi connectivity index (χ1n) is 9.30. The summed E-state index contributed by atoms with van der Waals surface area (Å²) in [5.41, 5.74) is 1.07. The third-order valence-corrected chi connectivity index (χ3v) is 5.80. The Balaban J connectivity index is 1.42. The number of hydrogen-bond acceptors (Lipinski definition) is 4. The van der Waals surface area contributed by atoms with Gasteiger partial charge in [-0.15, -0.1) is 11.3 Å². The number of urea groups is 1. The summed E-state index contributed by atoms with van der Waals surface area (Å²) in [4.78, 5) is 30.3. The van der Waals surface area contributed by atoms with Gasteiger partial charge in [0.25, 0.3) is 0 Å². The van der Waals surface area contributed by atoms with E-state index >= 15 is 0 Å². The number of aromatic nitrogens is 1. The average molecular weight is 365 g/mol. The fourth-order valence-corrected chi connectivity index (χ4v) is 4.12. The largest absolute Gasteiger partial charge is 0.355 e. The van der Waals surface area contributed by atoms with E-state index in [0.29, 0.717) is 12.5 Å². The number of rotatable bonds is 6. The van der Waals surface area contributed by atoms with Gasteiger partial charge in [0.1, 0.15) is 0 Å². The van der Waals surface area contributed by atoms with Gasteiger partial charge in [-0.05, 0) is 39.5 Å². The maximum Gasteiger partial charge on any atom is 0.317 e. The Labute approximate surface area is 153 Å². The lowest BCUT2D eigenvalue weighted by Crippen LogP contribution is -2.46. The molecule has 0 unspecified atom stereocenters. The van der Waals surface area contributed by atoms with Crippen molar-refractivity contribution in [3.63, 3.8) is 0 Å². The Morgan fingerprint density at radius 1 is 1.28 bits per heavy atom. The molecule has 3 rings (SSSR count). The third kappa shape index (κ3) is 5.17. The summed E-state index contributed by atoms with van der Waals surface area (Å²) in [7, 11) is 0. The topological polar surface area (TPSA) is 74.3 Å². The number of likely N-dealkylation sites (tertiary alicyclic amines) is 1. The van der Waals surface area contributed by atoms with E-state index in [1.54, 1.807) is 11.3 Å². The van der Waals surface area contributed by atoms with E-state index in [-0.39, 0.29) is 23.9 Å². The second-order valence-corrected chi connectivity index (χ2v) is 8.25. The SMILES string of the molecule is CC(C)NC(=O)N1CCC(c2nc(CCNC(=O)C3CC3)cs2)CC1. The van der Waals surface area contributed by atoms with Crippen molar-refractivity contribution >= 4 is 23.3 Å². The molecule has 0 radical (unpaired) electrons. The van der Waals surface area contributed by atoms with E-state index in [2.05, 4.69) is 16.0 Å². The maximum absolute atomic E-state index is 12.0.